The van der Waals surface area contributed by atoms with Crippen molar-refractivity contribution in [2.45, 2.75) is 50.2 Å². The summed E-state index contributed by atoms with van der Waals surface area (Å²) in [4.78, 5) is 14.4. The third kappa shape index (κ3) is 4.78. The molecule has 146 valence electrons. The maximum Gasteiger partial charge on any atom is 0.289 e. The summed E-state index contributed by atoms with van der Waals surface area (Å²) in [7, 11) is -3.79. The SMILES string of the molecule is CC(C)(C)NS(=O)(=O)c1ccc(C(=O)N2CCC(c3ccccc3)CC2)o1. The molecule has 1 aliphatic rings. The summed E-state index contributed by atoms with van der Waals surface area (Å²) in [6, 6.07) is 13.1. The van der Waals surface area contributed by atoms with Crippen molar-refractivity contribution in [3.05, 3.63) is 53.8 Å². The lowest BCUT2D eigenvalue weighted by atomic mass is 9.89. The molecule has 1 aliphatic heterocycles. The lowest BCUT2D eigenvalue weighted by Crippen LogP contribution is -2.40. The minimum absolute atomic E-state index is 0.0578. The highest BCUT2D eigenvalue weighted by molar-refractivity contribution is 7.89. The van der Waals surface area contributed by atoms with Crippen LogP contribution in [-0.2, 0) is 10.0 Å². The van der Waals surface area contributed by atoms with Crippen LogP contribution in [0.1, 0.15) is 55.6 Å². The number of sulfonamides is 1. The summed E-state index contributed by atoms with van der Waals surface area (Å²) in [6.45, 7) is 6.49. The van der Waals surface area contributed by atoms with E-state index in [4.69, 9.17) is 4.42 Å². The number of hydrogen-bond acceptors (Lipinski definition) is 4. The molecule has 1 saturated heterocycles. The number of likely N-dealkylation sites (tertiary alicyclic amines) is 1. The van der Waals surface area contributed by atoms with Crippen molar-refractivity contribution >= 4 is 15.9 Å². The Morgan fingerprint density at radius 1 is 1.07 bits per heavy atom. The maximum absolute atomic E-state index is 12.7. The van der Waals surface area contributed by atoms with E-state index in [0.29, 0.717) is 19.0 Å². The van der Waals surface area contributed by atoms with Crippen LogP contribution in [0.25, 0.3) is 0 Å². The lowest BCUT2D eigenvalue weighted by molar-refractivity contribution is 0.0675. The molecule has 1 N–H and O–H groups in total. The number of furan rings is 1. The molecular formula is C20H26N2O4S. The normalized spacial score (nSPS) is 16.5. The van der Waals surface area contributed by atoms with Gasteiger partial charge in [-0.3, -0.25) is 4.79 Å². The average Bonchev–Trinajstić information content (AvgIpc) is 3.11. The van der Waals surface area contributed by atoms with E-state index in [2.05, 4.69) is 16.9 Å². The molecule has 7 heteroatoms. The van der Waals surface area contributed by atoms with E-state index in [1.165, 1.54) is 17.7 Å². The molecule has 2 aromatic rings. The number of carbonyl (C=O) groups excluding carboxylic acids is 1. The fourth-order valence-electron chi connectivity index (χ4n) is 3.33. The zero-order valence-corrected chi connectivity index (χ0v) is 16.8. The first-order valence-electron chi connectivity index (χ1n) is 9.14. The van der Waals surface area contributed by atoms with Crippen LogP contribution in [0.5, 0.6) is 0 Å². The molecule has 3 rings (SSSR count). The molecule has 0 aliphatic carbocycles. The van der Waals surface area contributed by atoms with E-state index >= 15 is 0 Å². The molecule has 1 aromatic carbocycles. The summed E-state index contributed by atoms with van der Waals surface area (Å²) in [5.74, 6) is 0.236. The van der Waals surface area contributed by atoms with Crippen molar-refractivity contribution in [3.63, 3.8) is 0 Å². The second-order valence-electron chi connectivity index (χ2n) is 7.95. The standard InChI is InChI=1S/C20H26N2O4S/c1-20(2,3)21-27(24,25)18-10-9-17(26-18)19(23)22-13-11-16(12-14-22)15-7-5-4-6-8-15/h4-10,16,21H,11-14H2,1-3H3. The second-order valence-corrected chi connectivity index (χ2v) is 9.56. The fourth-order valence-corrected chi connectivity index (χ4v) is 4.68. The molecule has 27 heavy (non-hydrogen) atoms. The molecule has 0 radical (unpaired) electrons. The molecule has 1 aromatic heterocycles. The molecule has 2 heterocycles. The van der Waals surface area contributed by atoms with Gasteiger partial charge in [-0.25, -0.2) is 13.1 Å². The van der Waals surface area contributed by atoms with Gasteiger partial charge in [0.2, 0.25) is 5.09 Å². The lowest BCUT2D eigenvalue weighted by Gasteiger charge is -2.31. The Morgan fingerprint density at radius 3 is 2.30 bits per heavy atom. The van der Waals surface area contributed by atoms with Crippen molar-refractivity contribution in [1.82, 2.24) is 9.62 Å². The zero-order valence-electron chi connectivity index (χ0n) is 15.9. The number of amides is 1. The fraction of sp³-hybridized carbons (Fsp3) is 0.450. The largest absolute Gasteiger partial charge is 0.438 e. The van der Waals surface area contributed by atoms with Gasteiger partial charge in [-0.2, -0.15) is 0 Å². The summed E-state index contributed by atoms with van der Waals surface area (Å²) < 4.78 is 32.6. The summed E-state index contributed by atoms with van der Waals surface area (Å²) in [6.07, 6.45) is 1.76. The third-order valence-electron chi connectivity index (χ3n) is 4.55. The van der Waals surface area contributed by atoms with Crippen LogP contribution in [0.4, 0.5) is 0 Å². The Morgan fingerprint density at radius 2 is 1.70 bits per heavy atom. The first-order chi connectivity index (χ1) is 12.7. The average molecular weight is 391 g/mol. The minimum atomic E-state index is -3.79. The molecule has 0 saturated carbocycles. The third-order valence-corrected chi connectivity index (χ3v) is 6.18. The van der Waals surface area contributed by atoms with E-state index in [0.717, 1.165) is 12.8 Å². The summed E-state index contributed by atoms with van der Waals surface area (Å²) >= 11 is 0. The monoisotopic (exact) mass is 390 g/mol. The van der Waals surface area contributed by atoms with E-state index in [1.54, 1.807) is 25.7 Å². The predicted octanol–water partition coefficient (Wildman–Crippen LogP) is 3.38. The molecule has 6 nitrogen and oxygen atoms in total. The van der Waals surface area contributed by atoms with E-state index < -0.39 is 15.6 Å². The molecule has 1 fully saturated rings. The van der Waals surface area contributed by atoms with Crippen molar-refractivity contribution in [3.8, 4) is 0 Å². The second kappa shape index (κ2) is 7.48. The highest BCUT2D eigenvalue weighted by atomic mass is 32.2. The maximum atomic E-state index is 12.7. The Hall–Kier alpha value is -2.12. The van der Waals surface area contributed by atoms with Gasteiger partial charge in [0.15, 0.2) is 5.76 Å². The zero-order chi connectivity index (χ0) is 19.7. The topological polar surface area (TPSA) is 79.6 Å². The van der Waals surface area contributed by atoms with Gasteiger partial charge in [-0.1, -0.05) is 30.3 Å². The minimum Gasteiger partial charge on any atom is -0.438 e. The highest BCUT2D eigenvalue weighted by Crippen LogP contribution is 2.29. The number of rotatable bonds is 4. The molecule has 1 amide bonds. The van der Waals surface area contributed by atoms with E-state index in [9.17, 15) is 13.2 Å². The molecule has 0 bridgehead atoms. The Bertz CT molecular complexity index is 890. The molecule has 0 spiro atoms. The summed E-state index contributed by atoms with van der Waals surface area (Å²) in [5.41, 5.74) is 0.666. The van der Waals surface area contributed by atoms with Crippen LogP contribution in [0, 0.1) is 0 Å². The van der Waals surface area contributed by atoms with E-state index in [1.807, 2.05) is 18.2 Å². The van der Waals surface area contributed by atoms with Crippen molar-refractivity contribution in [1.29, 1.82) is 0 Å². The van der Waals surface area contributed by atoms with Crippen LogP contribution < -0.4 is 4.72 Å². The Labute approximate surface area is 160 Å². The summed E-state index contributed by atoms with van der Waals surface area (Å²) in [5, 5.41) is -0.236. The van der Waals surface area contributed by atoms with Gasteiger partial charge in [0, 0.05) is 18.6 Å². The highest BCUT2D eigenvalue weighted by Gasteiger charge is 2.29. The number of hydrogen-bond donors (Lipinski definition) is 1. The number of nitrogens with zero attached hydrogens (tertiary/aromatic N) is 1. The van der Waals surface area contributed by atoms with Crippen LogP contribution in [0.3, 0.4) is 0 Å². The van der Waals surface area contributed by atoms with Gasteiger partial charge in [0.1, 0.15) is 0 Å². The quantitative estimate of drug-likeness (QED) is 0.868. The molecule has 0 unspecified atom stereocenters. The first-order valence-corrected chi connectivity index (χ1v) is 10.6. The molecular weight excluding hydrogens is 364 g/mol. The van der Waals surface area contributed by atoms with Gasteiger partial charge < -0.3 is 9.32 Å². The number of nitrogens with one attached hydrogen (secondary N) is 1. The van der Waals surface area contributed by atoms with Crippen molar-refractivity contribution < 1.29 is 17.6 Å². The van der Waals surface area contributed by atoms with Gasteiger partial charge in [0.25, 0.3) is 15.9 Å². The Kier molecular flexibility index (Phi) is 5.44. The smallest absolute Gasteiger partial charge is 0.289 e. The number of carbonyl (C=O) groups is 1. The predicted molar refractivity (Wildman–Crippen MR) is 103 cm³/mol. The van der Waals surface area contributed by atoms with Crippen LogP contribution in [0.2, 0.25) is 0 Å². The van der Waals surface area contributed by atoms with Gasteiger partial charge in [-0.15, -0.1) is 0 Å². The molecule has 0 atom stereocenters. The van der Waals surface area contributed by atoms with Crippen LogP contribution in [0.15, 0.2) is 52.0 Å². The van der Waals surface area contributed by atoms with Crippen molar-refractivity contribution in [2.24, 2.45) is 0 Å². The number of benzene rings is 1. The Balaban J connectivity index is 1.65. The van der Waals surface area contributed by atoms with Gasteiger partial charge in [0.05, 0.1) is 0 Å². The van der Waals surface area contributed by atoms with Gasteiger partial charge >= 0.3 is 0 Å². The first kappa shape index (κ1) is 19.6. The van der Waals surface area contributed by atoms with Gasteiger partial charge in [-0.05, 0) is 57.2 Å². The van der Waals surface area contributed by atoms with Crippen LogP contribution in [-0.4, -0.2) is 37.9 Å². The number of piperidine rings is 1. The van der Waals surface area contributed by atoms with Crippen molar-refractivity contribution in [2.75, 3.05) is 13.1 Å². The van der Waals surface area contributed by atoms with E-state index in [-0.39, 0.29) is 16.8 Å². The van der Waals surface area contributed by atoms with Crippen LogP contribution >= 0.6 is 0 Å².